The maximum absolute atomic E-state index is 10.3. The lowest BCUT2D eigenvalue weighted by molar-refractivity contribution is -0.137. The summed E-state index contributed by atoms with van der Waals surface area (Å²) in [5.74, 6) is -0.670. The third kappa shape index (κ3) is 17.4. The number of carboxylic acid groups (broad SMARTS) is 1. The van der Waals surface area contributed by atoms with Crippen molar-refractivity contribution in [2.24, 2.45) is 0 Å². The molecular formula is C16H31O3. The molecule has 19 heavy (non-hydrogen) atoms. The van der Waals surface area contributed by atoms with Crippen LogP contribution in [0.15, 0.2) is 0 Å². The molecule has 0 aliphatic heterocycles. The first-order valence-corrected chi connectivity index (χ1v) is 7.95. The standard InChI is InChI=1S/C16H31O3/c17-15-13-11-9-7-5-3-1-2-4-6-8-10-12-14-16(18)19/h15,17H,1-14H2,(H,18,19). The average Bonchev–Trinajstić information content (AvgIpc) is 2.39. The Morgan fingerprint density at radius 1 is 0.684 bits per heavy atom. The second-order valence-corrected chi connectivity index (χ2v) is 5.36. The maximum Gasteiger partial charge on any atom is 0.303 e. The number of hydrogen-bond donors (Lipinski definition) is 2. The monoisotopic (exact) mass is 271 g/mol. The van der Waals surface area contributed by atoms with Gasteiger partial charge in [-0.1, -0.05) is 70.6 Å². The molecule has 0 aromatic rings. The molecule has 0 amide bonds. The highest BCUT2D eigenvalue weighted by atomic mass is 16.4. The summed E-state index contributed by atoms with van der Waals surface area (Å²) in [6.07, 6.45) is 15.8. The number of rotatable bonds is 15. The molecule has 0 fully saturated rings. The molecule has 0 heterocycles. The van der Waals surface area contributed by atoms with E-state index >= 15 is 0 Å². The van der Waals surface area contributed by atoms with E-state index in [9.17, 15) is 4.79 Å². The molecule has 0 aliphatic carbocycles. The molecule has 113 valence electrons. The molecule has 3 heteroatoms. The number of aliphatic carboxylic acids is 1. The highest BCUT2D eigenvalue weighted by Crippen LogP contribution is 2.13. The zero-order chi connectivity index (χ0) is 14.2. The molecular weight excluding hydrogens is 240 g/mol. The van der Waals surface area contributed by atoms with Crippen LogP contribution < -0.4 is 0 Å². The average molecular weight is 271 g/mol. The highest BCUT2D eigenvalue weighted by Gasteiger charge is 1.96. The van der Waals surface area contributed by atoms with Gasteiger partial charge in [0, 0.05) is 6.42 Å². The molecule has 2 N–H and O–H groups in total. The van der Waals surface area contributed by atoms with Crippen LogP contribution in [0.1, 0.15) is 89.9 Å². The minimum absolute atomic E-state index is 0.327. The van der Waals surface area contributed by atoms with E-state index in [2.05, 4.69) is 0 Å². The summed E-state index contributed by atoms with van der Waals surface area (Å²) >= 11 is 0. The Morgan fingerprint density at radius 2 is 1.05 bits per heavy atom. The zero-order valence-corrected chi connectivity index (χ0v) is 12.3. The van der Waals surface area contributed by atoms with Gasteiger partial charge in [-0.15, -0.1) is 0 Å². The van der Waals surface area contributed by atoms with Crippen LogP contribution in [0.5, 0.6) is 0 Å². The minimum atomic E-state index is -0.670. The van der Waals surface area contributed by atoms with Crippen molar-refractivity contribution in [1.29, 1.82) is 0 Å². The summed E-state index contributed by atoms with van der Waals surface area (Å²) in [6, 6.07) is 0. The lowest BCUT2D eigenvalue weighted by Gasteiger charge is -2.02. The van der Waals surface area contributed by atoms with Gasteiger partial charge in [-0.2, -0.15) is 0 Å². The molecule has 0 bridgehead atoms. The SMILES string of the molecule is O=C(O)CCCCCCCCCCCCCC[CH]O. The minimum Gasteiger partial charge on any atom is -0.481 e. The van der Waals surface area contributed by atoms with Gasteiger partial charge in [0.05, 0.1) is 6.61 Å². The van der Waals surface area contributed by atoms with Gasteiger partial charge < -0.3 is 10.2 Å². The van der Waals surface area contributed by atoms with E-state index in [4.69, 9.17) is 10.2 Å². The first kappa shape index (κ1) is 18.4. The third-order valence-corrected chi connectivity index (χ3v) is 3.47. The summed E-state index contributed by atoms with van der Waals surface area (Å²) in [7, 11) is 0. The quantitative estimate of drug-likeness (QED) is 0.409. The van der Waals surface area contributed by atoms with E-state index < -0.39 is 5.97 Å². The van der Waals surface area contributed by atoms with Crippen molar-refractivity contribution in [3.63, 3.8) is 0 Å². The molecule has 0 saturated heterocycles. The maximum atomic E-state index is 10.3. The second kappa shape index (κ2) is 15.5. The van der Waals surface area contributed by atoms with Gasteiger partial charge in [0.1, 0.15) is 0 Å². The van der Waals surface area contributed by atoms with E-state index in [1.165, 1.54) is 64.4 Å². The molecule has 0 unspecified atom stereocenters. The molecule has 0 aromatic carbocycles. The van der Waals surface area contributed by atoms with E-state index in [-0.39, 0.29) is 0 Å². The van der Waals surface area contributed by atoms with Crippen molar-refractivity contribution < 1.29 is 15.0 Å². The highest BCUT2D eigenvalue weighted by molar-refractivity contribution is 5.66. The summed E-state index contributed by atoms with van der Waals surface area (Å²) in [5.41, 5.74) is 0. The van der Waals surface area contributed by atoms with Gasteiger partial charge in [0.15, 0.2) is 0 Å². The van der Waals surface area contributed by atoms with Crippen LogP contribution in [0.4, 0.5) is 0 Å². The first-order valence-electron chi connectivity index (χ1n) is 7.95. The van der Waals surface area contributed by atoms with Crippen molar-refractivity contribution in [2.75, 3.05) is 0 Å². The fourth-order valence-corrected chi connectivity index (χ4v) is 2.28. The summed E-state index contributed by atoms with van der Waals surface area (Å²) in [6.45, 7) is 1.26. The third-order valence-electron chi connectivity index (χ3n) is 3.47. The number of carboxylic acids is 1. The number of unbranched alkanes of at least 4 members (excludes halogenated alkanes) is 12. The van der Waals surface area contributed by atoms with Crippen LogP contribution in [-0.2, 0) is 4.79 Å². The van der Waals surface area contributed by atoms with Crippen molar-refractivity contribution in [2.45, 2.75) is 89.9 Å². The van der Waals surface area contributed by atoms with Crippen LogP contribution in [0.25, 0.3) is 0 Å². The summed E-state index contributed by atoms with van der Waals surface area (Å²) in [5, 5.41) is 17.0. The second-order valence-electron chi connectivity index (χ2n) is 5.36. The Kier molecular flexibility index (Phi) is 15.0. The topological polar surface area (TPSA) is 57.5 Å². The predicted molar refractivity (Wildman–Crippen MR) is 78.5 cm³/mol. The van der Waals surface area contributed by atoms with Crippen LogP contribution in [0.2, 0.25) is 0 Å². The molecule has 1 radical (unpaired) electrons. The van der Waals surface area contributed by atoms with Crippen molar-refractivity contribution in [3.05, 3.63) is 6.61 Å². The molecule has 0 atom stereocenters. The van der Waals surface area contributed by atoms with E-state index in [1.54, 1.807) is 0 Å². The number of aliphatic hydroxyl groups is 1. The van der Waals surface area contributed by atoms with E-state index in [0.717, 1.165) is 25.7 Å². The zero-order valence-electron chi connectivity index (χ0n) is 12.3. The van der Waals surface area contributed by atoms with E-state index in [0.29, 0.717) is 6.42 Å². The van der Waals surface area contributed by atoms with E-state index in [1.807, 2.05) is 0 Å². The van der Waals surface area contributed by atoms with Crippen molar-refractivity contribution in [1.82, 2.24) is 0 Å². The van der Waals surface area contributed by atoms with Crippen LogP contribution in [0, 0.1) is 6.61 Å². The van der Waals surface area contributed by atoms with Crippen LogP contribution in [-0.4, -0.2) is 16.2 Å². The Balaban J connectivity index is 2.93. The molecule has 0 aliphatic rings. The molecule has 0 aromatic heterocycles. The first-order chi connectivity index (χ1) is 9.27. The number of aliphatic hydroxyl groups excluding tert-OH is 1. The fraction of sp³-hybridized carbons (Fsp3) is 0.875. The van der Waals surface area contributed by atoms with Gasteiger partial charge in [0.25, 0.3) is 0 Å². The predicted octanol–water partition coefficient (Wildman–Crippen LogP) is 5.07. The Bertz CT molecular complexity index is 192. The summed E-state index contributed by atoms with van der Waals surface area (Å²) < 4.78 is 0. The smallest absolute Gasteiger partial charge is 0.303 e. The lowest BCUT2D eigenvalue weighted by Crippen LogP contribution is -1.93. The van der Waals surface area contributed by atoms with Crippen LogP contribution >= 0.6 is 0 Å². The normalized spacial score (nSPS) is 10.8. The van der Waals surface area contributed by atoms with Gasteiger partial charge >= 0.3 is 5.97 Å². The molecule has 0 rings (SSSR count). The Labute approximate surface area is 118 Å². The van der Waals surface area contributed by atoms with Crippen molar-refractivity contribution in [3.8, 4) is 0 Å². The van der Waals surface area contributed by atoms with Crippen molar-refractivity contribution >= 4 is 5.97 Å². The Morgan fingerprint density at radius 3 is 1.42 bits per heavy atom. The largest absolute Gasteiger partial charge is 0.481 e. The van der Waals surface area contributed by atoms with Gasteiger partial charge in [-0.05, 0) is 12.8 Å². The number of carbonyl (C=O) groups is 1. The molecule has 0 spiro atoms. The van der Waals surface area contributed by atoms with Crippen LogP contribution in [0.3, 0.4) is 0 Å². The number of hydrogen-bond acceptors (Lipinski definition) is 2. The fourth-order valence-electron chi connectivity index (χ4n) is 2.28. The Hall–Kier alpha value is -0.570. The molecule has 3 nitrogen and oxygen atoms in total. The summed E-state index contributed by atoms with van der Waals surface area (Å²) in [4.78, 5) is 10.3. The lowest BCUT2D eigenvalue weighted by atomic mass is 10.0. The molecule has 0 saturated carbocycles. The van der Waals surface area contributed by atoms with Gasteiger partial charge in [-0.25, -0.2) is 0 Å². The van der Waals surface area contributed by atoms with Gasteiger partial charge in [0.2, 0.25) is 0 Å². The van der Waals surface area contributed by atoms with Gasteiger partial charge in [-0.3, -0.25) is 4.79 Å².